The van der Waals surface area contributed by atoms with Gasteiger partial charge in [-0.25, -0.2) is 9.78 Å². The van der Waals surface area contributed by atoms with Crippen molar-refractivity contribution in [3.63, 3.8) is 0 Å². The molecule has 2 saturated heterocycles. The lowest BCUT2D eigenvalue weighted by Gasteiger charge is -2.40. The number of nitrogens with zero attached hydrogens (tertiary/aromatic N) is 7. The number of rotatable bonds is 6. The number of ether oxygens (including phenoxy) is 2. The van der Waals surface area contributed by atoms with Crippen LogP contribution in [0.15, 0.2) is 35.9 Å². The number of tetrazole rings is 1. The van der Waals surface area contributed by atoms with Crippen molar-refractivity contribution < 1.29 is 24.2 Å². The average molecular weight is 470 g/mol. The Morgan fingerprint density at radius 2 is 2.09 bits per heavy atom. The molecule has 2 fully saturated rings. The highest BCUT2D eigenvalue weighted by molar-refractivity contribution is 5.94. The van der Waals surface area contributed by atoms with Crippen molar-refractivity contribution in [2.75, 3.05) is 39.9 Å². The Morgan fingerprint density at radius 3 is 2.68 bits per heavy atom. The Balaban J connectivity index is 1.23. The Kier molecular flexibility index (Phi) is 5.88. The first-order chi connectivity index (χ1) is 16.4. The molecule has 2 aromatic heterocycles. The van der Waals surface area contributed by atoms with Crippen molar-refractivity contribution in [1.82, 2.24) is 35.0 Å². The second-order valence-corrected chi connectivity index (χ2v) is 8.96. The molecule has 0 saturated carbocycles. The standard InChI is InChI=1S/C22H27N7O5/c1-14-16(12-34-20(14)31)28-11-18(33-2)22(21(28)32)5-7-27(8-6-22)10-17(30)15-3-4-19(23-9-15)29-13-24-25-26-29/h3-4,9,13,17-18,30H,5-8,10-12H2,1-2H3. The summed E-state index contributed by atoms with van der Waals surface area (Å²) in [6.07, 6.45) is 3.33. The van der Waals surface area contributed by atoms with Gasteiger partial charge in [0.1, 0.15) is 12.9 Å². The summed E-state index contributed by atoms with van der Waals surface area (Å²) in [5.74, 6) is 0.187. The number of cyclic esters (lactones) is 1. The van der Waals surface area contributed by atoms with Gasteiger partial charge in [0.25, 0.3) is 0 Å². The Labute approximate surface area is 196 Å². The minimum Gasteiger partial charge on any atom is -0.456 e. The van der Waals surface area contributed by atoms with Crippen molar-refractivity contribution >= 4 is 11.9 Å². The van der Waals surface area contributed by atoms with E-state index in [2.05, 4.69) is 25.4 Å². The van der Waals surface area contributed by atoms with Crippen molar-refractivity contribution in [3.8, 4) is 5.82 Å². The smallest absolute Gasteiger partial charge is 0.336 e. The highest BCUT2D eigenvalue weighted by atomic mass is 16.5. The third-order valence-corrected chi connectivity index (χ3v) is 7.24. The molecule has 12 nitrogen and oxygen atoms in total. The van der Waals surface area contributed by atoms with E-state index in [9.17, 15) is 14.7 Å². The van der Waals surface area contributed by atoms with Gasteiger partial charge in [-0.15, -0.1) is 5.10 Å². The van der Waals surface area contributed by atoms with E-state index in [0.717, 1.165) is 0 Å². The van der Waals surface area contributed by atoms with E-state index >= 15 is 0 Å². The molecule has 5 heterocycles. The van der Waals surface area contributed by atoms with Gasteiger partial charge in [-0.1, -0.05) is 6.07 Å². The molecular weight excluding hydrogens is 442 g/mol. The number of pyridine rings is 1. The summed E-state index contributed by atoms with van der Waals surface area (Å²) in [6.45, 7) is 3.98. The van der Waals surface area contributed by atoms with Crippen LogP contribution < -0.4 is 0 Å². The van der Waals surface area contributed by atoms with Gasteiger partial charge >= 0.3 is 5.97 Å². The van der Waals surface area contributed by atoms with Gasteiger partial charge in [-0.05, 0) is 49.3 Å². The lowest BCUT2D eigenvalue weighted by Crippen LogP contribution is -2.49. The molecule has 0 aliphatic carbocycles. The maximum absolute atomic E-state index is 13.5. The fourth-order valence-electron chi connectivity index (χ4n) is 5.13. The van der Waals surface area contributed by atoms with Crippen molar-refractivity contribution in [1.29, 1.82) is 0 Å². The highest BCUT2D eigenvalue weighted by Crippen LogP contribution is 2.45. The van der Waals surface area contributed by atoms with Gasteiger partial charge < -0.3 is 24.4 Å². The summed E-state index contributed by atoms with van der Waals surface area (Å²) in [5.41, 5.74) is 1.19. The van der Waals surface area contributed by atoms with Crippen LogP contribution in [-0.2, 0) is 19.1 Å². The first kappa shape index (κ1) is 22.6. The fraction of sp³-hybridized carbons (Fsp3) is 0.545. The predicted molar refractivity (Wildman–Crippen MR) is 116 cm³/mol. The quantitative estimate of drug-likeness (QED) is 0.569. The molecule has 2 aromatic rings. The van der Waals surface area contributed by atoms with Crippen LogP contribution in [0.3, 0.4) is 0 Å². The van der Waals surface area contributed by atoms with Crippen LogP contribution in [0.25, 0.3) is 5.82 Å². The third kappa shape index (κ3) is 3.77. The van der Waals surface area contributed by atoms with Crippen molar-refractivity contribution in [3.05, 3.63) is 41.5 Å². The van der Waals surface area contributed by atoms with E-state index in [1.54, 1.807) is 37.3 Å². The predicted octanol–water partition coefficient (Wildman–Crippen LogP) is -0.139. The summed E-state index contributed by atoms with van der Waals surface area (Å²) in [6, 6.07) is 3.56. The van der Waals surface area contributed by atoms with E-state index in [1.165, 1.54) is 11.0 Å². The largest absolute Gasteiger partial charge is 0.456 e. The normalized spacial score (nSPS) is 23.7. The summed E-state index contributed by atoms with van der Waals surface area (Å²) < 4.78 is 12.3. The van der Waals surface area contributed by atoms with Crippen LogP contribution in [0.1, 0.15) is 31.4 Å². The molecule has 34 heavy (non-hydrogen) atoms. The number of carbonyl (C=O) groups excluding carboxylic acids is 2. The number of β-amino-alcohol motifs (C(OH)–C–C–N with tert-alkyl or cyclic N) is 1. The van der Waals surface area contributed by atoms with Crippen LogP contribution in [-0.4, -0.2) is 98.0 Å². The summed E-state index contributed by atoms with van der Waals surface area (Å²) in [5, 5.41) is 21.7. The molecule has 0 radical (unpaired) electrons. The molecule has 1 N–H and O–H groups in total. The summed E-state index contributed by atoms with van der Waals surface area (Å²) in [4.78, 5) is 33.5. The number of carbonyl (C=O) groups is 2. The van der Waals surface area contributed by atoms with E-state index in [1.807, 2.05) is 0 Å². The Hall–Kier alpha value is -3.22. The molecule has 180 valence electrons. The second-order valence-electron chi connectivity index (χ2n) is 8.96. The van der Waals surface area contributed by atoms with Gasteiger partial charge in [0.2, 0.25) is 5.91 Å². The lowest BCUT2D eigenvalue weighted by molar-refractivity contribution is -0.141. The Bertz CT molecular complexity index is 1090. The third-order valence-electron chi connectivity index (χ3n) is 7.24. The maximum Gasteiger partial charge on any atom is 0.336 e. The number of methoxy groups -OCH3 is 1. The fourth-order valence-corrected chi connectivity index (χ4v) is 5.13. The number of hydrogen-bond donors (Lipinski definition) is 1. The lowest BCUT2D eigenvalue weighted by atomic mass is 9.75. The molecule has 5 rings (SSSR count). The molecule has 0 aromatic carbocycles. The van der Waals surface area contributed by atoms with Crippen LogP contribution in [0.4, 0.5) is 0 Å². The first-order valence-corrected chi connectivity index (χ1v) is 11.2. The van der Waals surface area contributed by atoms with Crippen LogP contribution in [0, 0.1) is 5.41 Å². The second kappa shape index (κ2) is 8.85. The zero-order valence-corrected chi connectivity index (χ0v) is 19.1. The number of aliphatic hydroxyl groups excluding tert-OH is 1. The number of hydrogen-bond acceptors (Lipinski definition) is 10. The van der Waals surface area contributed by atoms with Gasteiger partial charge in [-0.2, -0.15) is 4.68 Å². The summed E-state index contributed by atoms with van der Waals surface area (Å²) in [7, 11) is 1.63. The minimum atomic E-state index is -0.715. The molecule has 2 atom stereocenters. The number of amides is 1. The van der Waals surface area contributed by atoms with E-state index in [0.29, 0.717) is 61.7 Å². The van der Waals surface area contributed by atoms with Gasteiger partial charge in [0.05, 0.1) is 35.4 Å². The minimum absolute atomic E-state index is 0.00501. The molecule has 0 bridgehead atoms. The van der Waals surface area contributed by atoms with Gasteiger partial charge in [-0.3, -0.25) is 4.79 Å². The molecular formula is C22H27N7O5. The zero-order chi connectivity index (χ0) is 23.9. The monoisotopic (exact) mass is 469 g/mol. The van der Waals surface area contributed by atoms with E-state index in [-0.39, 0.29) is 24.6 Å². The number of likely N-dealkylation sites (tertiary alicyclic amines) is 2. The number of esters is 1. The number of aromatic nitrogens is 5. The van der Waals surface area contributed by atoms with Gasteiger partial charge in [0, 0.05) is 25.4 Å². The van der Waals surface area contributed by atoms with Crippen molar-refractivity contribution in [2.45, 2.75) is 32.0 Å². The summed E-state index contributed by atoms with van der Waals surface area (Å²) >= 11 is 0. The van der Waals surface area contributed by atoms with Crippen LogP contribution in [0.2, 0.25) is 0 Å². The number of aliphatic hydroxyl groups is 1. The SMILES string of the molecule is COC1CN(C2=C(C)C(=O)OC2)C(=O)C12CCN(CC(O)c1ccc(-n3cnnn3)nc1)CC2. The molecule has 12 heteroatoms. The zero-order valence-electron chi connectivity index (χ0n) is 19.1. The molecule has 3 aliphatic heterocycles. The van der Waals surface area contributed by atoms with Crippen LogP contribution >= 0.6 is 0 Å². The number of piperidine rings is 1. The maximum atomic E-state index is 13.5. The molecule has 1 spiro atoms. The van der Waals surface area contributed by atoms with Crippen molar-refractivity contribution in [2.24, 2.45) is 5.41 Å². The molecule has 2 unspecified atom stereocenters. The van der Waals surface area contributed by atoms with E-state index in [4.69, 9.17) is 9.47 Å². The molecule has 3 aliphatic rings. The topological polar surface area (TPSA) is 136 Å². The first-order valence-electron chi connectivity index (χ1n) is 11.2. The molecule has 1 amide bonds. The van der Waals surface area contributed by atoms with Crippen LogP contribution in [0.5, 0.6) is 0 Å². The average Bonchev–Trinajstić information content (AvgIpc) is 3.57. The van der Waals surface area contributed by atoms with E-state index < -0.39 is 11.5 Å². The highest BCUT2D eigenvalue weighted by Gasteiger charge is 2.56. The van der Waals surface area contributed by atoms with Gasteiger partial charge in [0.15, 0.2) is 5.82 Å². The Morgan fingerprint density at radius 1 is 1.29 bits per heavy atom.